The van der Waals surface area contributed by atoms with Gasteiger partial charge in [0.15, 0.2) is 0 Å². The van der Waals surface area contributed by atoms with Crippen molar-refractivity contribution in [2.45, 2.75) is 13.5 Å². The molecule has 13 heavy (non-hydrogen) atoms. The Morgan fingerprint density at radius 3 is 2.92 bits per heavy atom. The van der Waals surface area contributed by atoms with Gasteiger partial charge in [0.2, 0.25) is 0 Å². The molecule has 0 N–H and O–H groups in total. The number of hydroxylamine groups is 2. The first kappa shape index (κ1) is 9.73. The van der Waals surface area contributed by atoms with Crippen molar-refractivity contribution >= 4 is 5.91 Å². The Balaban J connectivity index is 2.77. The molecule has 0 saturated carbocycles. The Kier molecular flexibility index (Phi) is 3.02. The molecule has 0 spiro atoms. The zero-order chi connectivity index (χ0) is 9.84. The molecule has 0 radical (unpaired) electrons. The van der Waals surface area contributed by atoms with Gasteiger partial charge in [0.25, 0.3) is 5.91 Å². The van der Waals surface area contributed by atoms with Gasteiger partial charge in [0, 0.05) is 19.8 Å². The van der Waals surface area contributed by atoms with E-state index in [0.29, 0.717) is 5.56 Å². The van der Waals surface area contributed by atoms with Crippen molar-refractivity contribution in [3.63, 3.8) is 0 Å². The number of hydrogen-bond acceptors (Lipinski definition) is 3. The Morgan fingerprint density at radius 2 is 2.46 bits per heavy atom. The van der Waals surface area contributed by atoms with Gasteiger partial charge in [-0.05, 0) is 6.92 Å². The van der Waals surface area contributed by atoms with Crippen LogP contribution in [0.3, 0.4) is 0 Å². The van der Waals surface area contributed by atoms with E-state index in [4.69, 9.17) is 4.84 Å². The Labute approximate surface area is 76.9 Å². The van der Waals surface area contributed by atoms with Crippen LogP contribution in [0.1, 0.15) is 17.3 Å². The third kappa shape index (κ3) is 2.06. The van der Waals surface area contributed by atoms with Crippen LogP contribution in [0.5, 0.6) is 0 Å². The largest absolute Gasteiger partial charge is 0.280 e. The second-order valence-electron chi connectivity index (χ2n) is 2.57. The maximum Gasteiger partial charge on any atom is 0.280 e. The zero-order valence-corrected chi connectivity index (χ0v) is 8.02. The van der Waals surface area contributed by atoms with Gasteiger partial charge in [-0.25, -0.2) is 5.06 Å². The number of aromatic nitrogens is 2. The van der Waals surface area contributed by atoms with E-state index in [1.54, 1.807) is 17.9 Å². The van der Waals surface area contributed by atoms with Crippen molar-refractivity contribution in [1.82, 2.24) is 14.8 Å². The predicted octanol–water partition coefficient (Wildman–Crippen LogP) is 0.536. The lowest BCUT2D eigenvalue weighted by atomic mass is 10.3. The molecular weight excluding hydrogens is 170 g/mol. The average Bonchev–Trinajstić information content (AvgIpc) is 2.63. The average molecular weight is 183 g/mol. The molecule has 1 aromatic rings. The van der Waals surface area contributed by atoms with Crippen molar-refractivity contribution < 1.29 is 9.63 Å². The minimum atomic E-state index is -0.192. The van der Waals surface area contributed by atoms with E-state index >= 15 is 0 Å². The highest BCUT2D eigenvalue weighted by Crippen LogP contribution is 2.01. The molecule has 0 saturated heterocycles. The van der Waals surface area contributed by atoms with E-state index in [9.17, 15) is 4.79 Å². The van der Waals surface area contributed by atoms with E-state index in [2.05, 4.69) is 5.10 Å². The summed E-state index contributed by atoms with van der Waals surface area (Å²) >= 11 is 0. The fourth-order valence-corrected chi connectivity index (χ4v) is 0.912. The van der Waals surface area contributed by atoms with E-state index < -0.39 is 0 Å². The molecule has 1 rings (SSSR count). The molecule has 0 atom stereocenters. The summed E-state index contributed by atoms with van der Waals surface area (Å²) in [5.74, 6) is -0.192. The molecule has 5 nitrogen and oxygen atoms in total. The van der Waals surface area contributed by atoms with E-state index in [1.165, 1.54) is 13.3 Å². The minimum Gasteiger partial charge on any atom is -0.274 e. The Bertz CT molecular complexity index is 295. The Hall–Kier alpha value is -1.36. The highest BCUT2D eigenvalue weighted by Gasteiger charge is 2.12. The Morgan fingerprint density at radius 1 is 1.77 bits per heavy atom. The topological polar surface area (TPSA) is 47.4 Å². The minimum absolute atomic E-state index is 0.192. The van der Waals surface area contributed by atoms with Crippen LogP contribution in [0, 0.1) is 0 Å². The summed E-state index contributed by atoms with van der Waals surface area (Å²) in [5.41, 5.74) is 0.534. The number of carbonyl (C=O) groups is 1. The van der Waals surface area contributed by atoms with Crippen LogP contribution in [0.15, 0.2) is 12.4 Å². The SMILES string of the molecule is CCn1cc(C(=O)N(C)OC)cn1. The molecule has 0 aliphatic heterocycles. The van der Waals surface area contributed by atoms with Crippen LogP contribution >= 0.6 is 0 Å². The molecule has 1 heterocycles. The molecule has 5 heteroatoms. The van der Waals surface area contributed by atoms with Crippen LogP contribution < -0.4 is 0 Å². The molecule has 0 fully saturated rings. The quantitative estimate of drug-likeness (QED) is 0.642. The lowest BCUT2D eigenvalue weighted by molar-refractivity contribution is -0.0757. The summed E-state index contributed by atoms with van der Waals surface area (Å²) in [4.78, 5) is 16.2. The second-order valence-corrected chi connectivity index (χ2v) is 2.57. The lowest BCUT2D eigenvalue weighted by Crippen LogP contribution is -2.24. The molecule has 0 unspecified atom stereocenters. The maximum absolute atomic E-state index is 11.5. The van der Waals surface area contributed by atoms with Crippen molar-refractivity contribution in [3.05, 3.63) is 18.0 Å². The first-order chi connectivity index (χ1) is 6.19. The first-order valence-electron chi connectivity index (χ1n) is 4.03. The number of nitrogens with zero attached hydrogens (tertiary/aromatic N) is 3. The fraction of sp³-hybridized carbons (Fsp3) is 0.500. The zero-order valence-electron chi connectivity index (χ0n) is 8.02. The third-order valence-corrected chi connectivity index (χ3v) is 1.76. The van der Waals surface area contributed by atoms with Crippen molar-refractivity contribution in [2.75, 3.05) is 14.2 Å². The standard InChI is InChI=1S/C8H13N3O2/c1-4-11-6-7(5-9-11)8(12)10(2)13-3/h5-6H,4H2,1-3H3. The highest BCUT2D eigenvalue weighted by atomic mass is 16.7. The van der Waals surface area contributed by atoms with Gasteiger partial charge in [-0.3, -0.25) is 14.3 Å². The number of rotatable bonds is 3. The van der Waals surface area contributed by atoms with Gasteiger partial charge in [0.1, 0.15) is 0 Å². The summed E-state index contributed by atoms with van der Waals surface area (Å²) in [6.07, 6.45) is 3.22. The summed E-state index contributed by atoms with van der Waals surface area (Å²) in [6, 6.07) is 0. The van der Waals surface area contributed by atoms with Gasteiger partial charge in [-0.2, -0.15) is 5.10 Å². The smallest absolute Gasteiger partial charge is 0.274 e. The second kappa shape index (κ2) is 4.04. The molecule has 0 aromatic carbocycles. The molecule has 72 valence electrons. The number of carbonyl (C=O) groups excluding carboxylic acids is 1. The maximum atomic E-state index is 11.5. The molecule has 0 aliphatic rings. The van der Waals surface area contributed by atoms with Crippen LogP contribution in [-0.2, 0) is 11.4 Å². The number of hydrogen-bond donors (Lipinski definition) is 0. The highest BCUT2D eigenvalue weighted by molar-refractivity contribution is 5.92. The van der Waals surface area contributed by atoms with Crippen LogP contribution in [0.4, 0.5) is 0 Å². The molecule has 0 bridgehead atoms. The first-order valence-corrected chi connectivity index (χ1v) is 4.03. The summed E-state index contributed by atoms with van der Waals surface area (Å²) in [6.45, 7) is 2.71. The van der Waals surface area contributed by atoms with Gasteiger partial charge < -0.3 is 0 Å². The monoisotopic (exact) mass is 183 g/mol. The normalized spacial score (nSPS) is 10.1. The number of amides is 1. The van der Waals surface area contributed by atoms with Crippen LogP contribution in [0.25, 0.3) is 0 Å². The van der Waals surface area contributed by atoms with E-state index in [-0.39, 0.29) is 5.91 Å². The van der Waals surface area contributed by atoms with Crippen molar-refractivity contribution in [3.8, 4) is 0 Å². The van der Waals surface area contributed by atoms with Gasteiger partial charge in [0.05, 0.1) is 18.9 Å². The summed E-state index contributed by atoms with van der Waals surface area (Å²) < 4.78 is 1.69. The summed E-state index contributed by atoms with van der Waals surface area (Å²) in [5, 5.41) is 5.15. The third-order valence-electron chi connectivity index (χ3n) is 1.76. The molecular formula is C8H13N3O2. The van der Waals surface area contributed by atoms with Crippen molar-refractivity contribution in [2.24, 2.45) is 0 Å². The number of aryl methyl sites for hydroxylation is 1. The van der Waals surface area contributed by atoms with Crippen molar-refractivity contribution in [1.29, 1.82) is 0 Å². The lowest BCUT2D eigenvalue weighted by Gasteiger charge is -2.11. The van der Waals surface area contributed by atoms with E-state index in [1.807, 2.05) is 6.92 Å². The molecule has 0 aliphatic carbocycles. The fourth-order valence-electron chi connectivity index (χ4n) is 0.912. The molecule has 1 aromatic heterocycles. The predicted molar refractivity (Wildman–Crippen MR) is 47.0 cm³/mol. The van der Waals surface area contributed by atoms with Gasteiger partial charge in [-0.15, -0.1) is 0 Å². The summed E-state index contributed by atoms with van der Waals surface area (Å²) in [7, 11) is 3.01. The molecule has 1 amide bonds. The van der Waals surface area contributed by atoms with Gasteiger partial charge >= 0.3 is 0 Å². The van der Waals surface area contributed by atoms with Crippen LogP contribution in [0.2, 0.25) is 0 Å². The van der Waals surface area contributed by atoms with E-state index in [0.717, 1.165) is 11.6 Å². The van der Waals surface area contributed by atoms with Gasteiger partial charge in [-0.1, -0.05) is 0 Å². The van der Waals surface area contributed by atoms with Crippen LogP contribution in [-0.4, -0.2) is 34.9 Å².